The summed E-state index contributed by atoms with van der Waals surface area (Å²) in [7, 11) is 0. The SMILES string of the molecule is C[C@H](OC(=O)[C@@H]1COc2ccccc2O1)C(=O)N[C@@H](C)CCc1ccccc1. The van der Waals surface area contributed by atoms with Crippen LogP contribution in [-0.2, 0) is 20.7 Å². The van der Waals surface area contributed by atoms with Crippen LogP contribution < -0.4 is 14.8 Å². The van der Waals surface area contributed by atoms with Gasteiger partial charge in [-0.25, -0.2) is 4.79 Å². The Morgan fingerprint density at radius 1 is 1.07 bits per heavy atom. The van der Waals surface area contributed by atoms with E-state index in [2.05, 4.69) is 17.4 Å². The molecule has 0 aromatic heterocycles. The first-order valence-electron chi connectivity index (χ1n) is 9.46. The Balaban J connectivity index is 1.44. The summed E-state index contributed by atoms with van der Waals surface area (Å²) in [6.45, 7) is 3.54. The molecule has 0 bridgehead atoms. The third kappa shape index (κ3) is 5.25. The number of rotatable bonds is 7. The molecule has 1 aliphatic heterocycles. The van der Waals surface area contributed by atoms with Gasteiger partial charge in [-0.2, -0.15) is 0 Å². The summed E-state index contributed by atoms with van der Waals surface area (Å²) >= 11 is 0. The van der Waals surface area contributed by atoms with E-state index in [0.29, 0.717) is 11.5 Å². The molecule has 3 atom stereocenters. The van der Waals surface area contributed by atoms with Crippen LogP contribution >= 0.6 is 0 Å². The molecule has 1 heterocycles. The summed E-state index contributed by atoms with van der Waals surface area (Å²) in [4.78, 5) is 24.6. The molecule has 0 saturated carbocycles. The first kappa shape index (κ1) is 19.7. The highest BCUT2D eigenvalue weighted by molar-refractivity contribution is 5.85. The number of hydrogen-bond acceptors (Lipinski definition) is 5. The number of fused-ring (bicyclic) bond motifs is 1. The Morgan fingerprint density at radius 3 is 2.50 bits per heavy atom. The minimum absolute atomic E-state index is 0.0324. The van der Waals surface area contributed by atoms with Gasteiger partial charge in [0.15, 0.2) is 17.6 Å². The maximum Gasteiger partial charge on any atom is 0.351 e. The molecule has 148 valence electrons. The highest BCUT2D eigenvalue weighted by Gasteiger charge is 2.31. The summed E-state index contributed by atoms with van der Waals surface area (Å²) in [5.74, 6) is 0.132. The van der Waals surface area contributed by atoms with Crippen molar-refractivity contribution in [3.63, 3.8) is 0 Å². The van der Waals surface area contributed by atoms with Gasteiger partial charge in [-0.05, 0) is 44.4 Å². The standard InChI is InChI=1S/C22H25NO5/c1-15(12-13-17-8-4-3-5-9-17)23-21(24)16(2)27-22(25)20-14-26-18-10-6-7-11-19(18)28-20/h3-11,15-16,20H,12-14H2,1-2H3,(H,23,24)/t15-,16-,20-/m0/s1. The molecule has 0 fully saturated rings. The van der Waals surface area contributed by atoms with E-state index in [-0.39, 0.29) is 18.6 Å². The first-order valence-corrected chi connectivity index (χ1v) is 9.46. The van der Waals surface area contributed by atoms with Gasteiger partial charge in [-0.3, -0.25) is 4.79 Å². The Labute approximate surface area is 164 Å². The summed E-state index contributed by atoms with van der Waals surface area (Å²) in [5.41, 5.74) is 1.22. The topological polar surface area (TPSA) is 73.9 Å². The van der Waals surface area contributed by atoms with Gasteiger partial charge in [0.2, 0.25) is 6.10 Å². The maximum atomic E-state index is 12.3. The molecule has 0 unspecified atom stereocenters. The molecule has 3 rings (SSSR count). The monoisotopic (exact) mass is 383 g/mol. The normalized spacial score (nSPS) is 17.3. The van der Waals surface area contributed by atoms with Crippen LogP contribution in [0.25, 0.3) is 0 Å². The number of benzene rings is 2. The van der Waals surface area contributed by atoms with Crippen molar-refractivity contribution in [2.45, 2.75) is 44.9 Å². The molecule has 0 saturated heterocycles. The van der Waals surface area contributed by atoms with Gasteiger partial charge in [0.1, 0.15) is 6.61 Å². The molecule has 1 N–H and O–H groups in total. The molecule has 28 heavy (non-hydrogen) atoms. The number of ether oxygens (including phenoxy) is 3. The van der Waals surface area contributed by atoms with Crippen LogP contribution in [-0.4, -0.2) is 36.7 Å². The van der Waals surface area contributed by atoms with Crippen LogP contribution in [0.2, 0.25) is 0 Å². The van der Waals surface area contributed by atoms with Crippen LogP contribution in [0.15, 0.2) is 54.6 Å². The van der Waals surface area contributed by atoms with Crippen molar-refractivity contribution in [3.8, 4) is 11.5 Å². The van der Waals surface area contributed by atoms with Crippen molar-refractivity contribution in [2.24, 2.45) is 0 Å². The second-order valence-electron chi connectivity index (χ2n) is 6.88. The van der Waals surface area contributed by atoms with Crippen molar-refractivity contribution in [1.29, 1.82) is 0 Å². The van der Waals surface area contributed by atoms with E-state index in [1.54, 1.807) is 25.1 Å². The molecule has 1 aliphatic rings. The van der Waals surface area contributed by atoms with E-state index in [4.69, 9.17) is 14.2 Å². The van der Waals surface area contributed by atoms with Gasteiger partial charge < -0.3 is 19.5 Å². The van der Waals surface area contributed by atoms with E-state index >= 15 is 0 Å². The number of carbonyl (C=O) groups excluding carboxylic acids is 2. The van der Waals surface area contributed by atoms with Crippen molar-refractivity contribution in [1.82, 2.24) is 5.32 Å². The zero-order chi connectivity index (χ0) is 19.9. The van der Waals surface area contributed by atoms with Crippen molar-refractivity contribution in [3.05, 3.63) is 60.2 Å². The Kier molecular flexibility index (Phi) is 6.53. The van der Waals surface area contributed by atoms with Gasteiger partial charge in [-0.1, -0.05) is 42.5 Å². The summed E-state index contributed by atoms with van der Waals surface area (Å²) < 4.78 is 16.4. The Morgan fingerprint density at radius 2 is 1.75 bits per heavy atom. The third-order valence-electron chi connectivity index (χ3n) is 4.53. The highest BCUT2D eigenvalue weighted by atomic mass is 16.6. The summed E-state index contributed by atoms with van der Waals surface area (Å²) in [6, 6.07) is 17.2. The molecule has 0 radical (unpaired) electrons. The van der Waals surface area contributed by atoms with Crippen LogP contribution in [0.4, 0.5) is 0 Å². The van der Waals surface area contributed by atoms with Crippen LogP contribution in [0, 0.1) is 0 Å². The quantitative estimate of drug-likeness (QED) is 0.744. The lowest BCUT2D eigenvalue weighted by molar-refractivity contribution is -0.163. The second-order valence-corrected chi connectivity index (χ2v) is 6.88. The predicted molar refractivity (Wildman–Crippen MR) is 104 cm³/mol. The minimum atomic E-state index is -0.910. The average molecular weight is 383 g/mol. The van der Waals surface area contributed by atoms with Gasteiger partial charge in [0, 0.05) is 6.04 Å². The third-order valence-corrected chi connectivity index (χ3v) is 4.53. The van der Waals surface area contributed by atoms with Gasteiger partial charge in [-0.15, -0.1) is 0 Å². The van der Waals surface area contributed by atoms with E-state index in [0.717, 1.165) is 12.8 Å². The van der Waals surface area contributed by atoms with Crippen LogP contribution in [0.5, 0.6) is 11.5 Å². The van der Waals surface area contributed by atoms with Crippen molar-refractivity contribution < 1.29 is 23.8 Å². The lowest BCUT2D eigenvalue weighted by Crippen LogP contribution is -2.44. The smallest absolute Gasteiger partial charge is 0.351 e. The number of carbonyl (C=O) groups is 2. The zero-order valence-electron chi connectivity index (χ0n) is 16.1. The number of nitrogens with one attached hydrogen (secondary N) is 1. The molecule has 0 aliphatic carbocycles. The van der Waals surface area contributed by atoms with Crippen LogP contribution in [0.3, 0.4) is 0 Å². The molecule has 1 amide bonds. The van der Waals surface area contributed by atoms with E-state index < -0.39 is 18.2 Å². The molecule has 2 aromatic rings. The lowest BCUT2D eigenvalue weighted by Gasteiger charge is -2.26. The Bertz CT molecular complexity index is 808. The number of hydrogen-bond donors (Lipinski definition) is 1. The second kappa shape index (κ2) is 9.26. The molecule has 2 aromatic carbocycles. The predicted octanol–water partition coefficient (Wildman–Crippen LogP) is 2.90. The molecular formula is C22H25NO5. The first-order chi connectivity index (χ1) is 13.5. The Hall–Kier alpha value is -3.02. The highest BCUT2D eigenvalue weighted by Crippen LogP contribution is 2.31. The van der Waals surface area contributed by atoms with E-state index in [1.165, 1.54) is 5.56 Å². The fourth-order valence-corrected chi connectivity index (χ4v) is 2.90. The van der Waals surface area contributed by atoms with E-state index in [9.17, 15) is 9.59 Å². The fourth-order valence-electron chi connectivity index (χ4n) is 2.90. The maximum absolute atomic E-state index is 12.3. The molecule has 6 heteroatoms. The van der Waals surface area contributed by atoms with Gasteiger partial charge in [0.25, 0.3) is 5.91 Å². The molecule has 6 nitrogen and oxygen atoms in total. The fraction of sp³-hybridized carbons (Fsp3) is 0.364. The van der Waals surface area contributed by atoms with Crippen molar-refractivity contribution >= 4 is 11.9 Å². The zero-order valence-corrected chi connectivity index (χ0v) is 16.1. The number of amides is 1. The summed E-state index contributed by atoms with van der Waals surface area (Å²) in [6.07, 6.45) is -0.135. The molecule has 0 spiro atoms. The van der Waals surface area contributed by atoms with Gasteiger partial charge in [0.05, 0.1) is 0 Å². The average Bonchev–Trinajstić information content (AvgIpc) is 2.72. The minimum Gasteiger partial charge on any atom is -0.485 e. The van der Waals surface area contributed by atoms with E-state index in [1.807, 2.05) is 31.2 Å². The molecular weight excluding hydrogens is 358 g/mol. The summed E-state index contributed by atoms with van der Waals surface area (Å²) in [5, 5.41) is 2.89. The number of esters is 1. The number of aryl methyl sites for hydroxylation is 1. The largest absolute Gasteiger partial charge is 0.485 e. The van der Waals surface area contributed by atoms with Crippen molar-refractivity contribution in [2.75, 3.05) is 6.61 Å². The van der Waals surface area contributed by atoms with Crippen LogP contribution in [0.1, 0.15) is 25.8 Å². The number of para-hydroxylation sites is 2. The lowest BCUT2D eigenvalue weighted by atomic mass is 10.1. The van der Waals surface area contributed by atoms with Gasteiger partial charge >= 0.3 is 5.97 Å².